The molecule has 16 nitrogen and oxygen atoms in total. The van der Waals surface area contributed by atoms with Crippen molar-refractivity contribution in [2.75, 3.05) is 27.4 Å². The molecule has 5 aromatic rings. The third-order valence-corrected chi connectivity index (χ3v) is 10.5. The summed E-state index contributed by atoms with van der Waals surface area (Å²) in [5, 5.41) is 5.37. The lowest BCUT2D eigenvalue weighted by molar-refractivity contribution is -0.143. The van der Waals surface area contributed by atoms with E-state index in [0.29, 0.717) is 107 Å². The molecular formula is C50H62N6O10. The van der Waals surface area contributed by atoms with Crippen LogP contribution in [0, 0.1) is 0 Å². The van der Waals surface area contributed by atoms with Gasteiger partial charge in [0.2, 0.25) is 0 Å². The molecule has 352 valence electrons. The Labute approximate surface area is 385 Å². The van der Waals surface area contributed by atoms with Crippen molar-refractivity contribution >= 4 is 23.8 Å². The van der Waals surface area contributed by atoms with Gasteiger partial charge in [-0.05, 0) is 87.4 Å². The van der Waals surface area contributed by atoms with Gasteiger partial charge < -0.3 is 39.5 Å². The van der Waals surface area contributed by atoms with E-state index in [4.69, 9.17) is 14.2 Å². The van der Waals surface area contributed by atoms with Crippen LogP contribution >= 0.6 is 0 Å². The molecular weight excluding hydrogens is 845 g/mol. The summed E-state index contributed by atoms with van der Waals surface area (Å²) >= 11 is 0. The molecule has 0 aliphatic heterocycles. The predicted octanol–water partition coefficient (Wildman–Crippen LogP) is 6.51. The number of aryl methyl sites for hydroxylation is 2. The first-order chi connectivity index (χ1) is 31.8. The van der Waals surface area contributed by atoms with Gasteiger partial charge in [0.1, 0.15) is 35.2 Å². The number of hydrogen-bond donors (Lipinski definition) is 4. The van der Waals surface area contributed by atoms with Gasteiger partial charge in [0.25, 0.3) is 22.9 Å². The molecule has 0 aliphatic rings. The van der Waals surface area contributed by atoms with Crippen LogP contribution in [0.5, 0.6) is 11.5 Å². The highest BCUT2D eigenvalue weighted by Crippen LogP contribution is 2.31. The number of carbonyl (C=O) groups excluding carboxylic acids is 4. The molecule has 0 spiro atoms. The first kappa shape index (κ1) is 51.5. The summed E-state index contributed by atoms with van der Waals surface area (Å²) in [6.45, 7) is 14.2. The zero-order valence-corrected chi connectivity index (χ0v) is 39.3. The Morgan fingerprint density at radius 3 is 1.47 bits per heavy atom. The van der Waals surface area contributed by atoms with E-state index in [-0.39, 0.29) is 17.5 Å². The fourth-order valence-electron chi connectivity index (χ4n) is 6.99. The number of nitrogens with zero attached hydrogens (tertiary/aromatic N) is 2. The highest BCUT2D eigenvalue weighted by molar-refractivity contribution is 5.99. The summed E-state index contributed by atoms with van der Waals surface area (Å²) in [5.74, 6) is -0.267. The smallest absolute Gasteiger partial charge is 0.328 e. The summed E-state index contributed by atoms with van der Waals surface area (Å²) < 4.78 is 21.3. The van der Waals surface area contributed by atoms with Crippen molar-refractivity contribution in [3.05, 3.63) is 127 Å². The molecule has 66 heavy (non-hydrogen) atoms. The maximum Gasteiger partial charge on any atom is 0.328 e. The second-order valence-electron chi connectivity index (χ2n) is 15.2. The summed E-state index contributed by atoms with van der Waals surface area (Å²) in [6.07, 6.45) is 4.26. The Morgan fingerprint density at radius 1 is 0.606 bits per heavy atom. The fourth-order valence-corrected chi connectivity index (χ4v) is 6.99. The van der Waals surface area contributed by atoms with E-state index in [1.165, 1.54) is 14.2 Å². The van der Waals surface area contributed by atoms with E-state index in [1.807, 2.05) is 71.9 Å². The second-order valence-corrected chi connectivity index (χ2v) is 15.2. The molecule has 0 radical (unpaired) electrons. The van der Waals surface area contributed by atoms with Crippen LogP contribution in [0.1, 0.15) is 110 Å². The lowest BCUT2D eigenvalue weighted by Crippen LogP contribution is -2.43. The first-order valence-electron chi connectivity index (χ1n) is 22.4. The van der Waals surface area contributed by atoms with Crippen LogP contribution in [0.4, 0.5) is 0 Å². The number of rotatable bonds is 20. The van der Waals surface area contributed by atoms with Crippen molar-refractivity contribution in [3.8, 4) is 34.3 Å². The minimum Gasteiger partial charge on any atom is -0.493 e. The first-order valence-corrected chi connectivity index (χ1v) is 22.4. The number of ether oxygens (including phenoxy) is 4. The van der Waals surface area contributed by atoms with E-state index in [2.05, 4.69) is 35.3 Å². The molecule has 16 heteroatoms. The maximum absolute atomic E-state index is 13.2. The number of methoxy groups -OCH3 is 2. The molecule has 2 heterocycles. The standard InChI is InChI=1S/C28H33N3O5.C22H29N3O5/c1-5-15-36-24-14-13-19(17-21(24)25-29-22(7-3)20(6-2)27(33)31-25)26(32)30-23(28(34)35-4)16-18-11-9-8-10-12-18;1-6-11-30-18-10-9-14(20(26)23-13(4)22(28)29-5)12-16(18)19-24-17(8-3)15(7-2)21(27)25-19/h8-14,17,23H,5-7,15-16H2,1-4H3,(H,30,32)(H,29,31,33);9-10,12-13H,6-8,11H2,1-5H3,(H,23,26)(H,24,25,27). The largest absolute Gasteiger partial charge is 0.493 e. The molecule has 2 amide bonds. The highest BCUT2D eigenvalue weighted by Gasteiger charge is 2.25. The number of nitrogens with one attached hydrogen (secondary N) is 4. The number of aromatic amines is 2. The van der Waals surface area contributed by atoms with Crippen LogP contribution in [0.3, 0.4) is 0 Å². The zero-order chi connectivity index (χ0) is 48.3. The van der Waals surface area contributed by atoms with Crippen LogP contribution < -0.4 is 31.2 Å². The van der Waals surface area contributed by atoms with Crippen molar-refractivity contribution in [3.63, 3.8) is 0 Å². The molecule has 0 saturated heterocycles. The Balaban J connectivity index is 0.000000294. The lowest BCUT2D eigenvalue weighted by Gasteiger charge is -2.18. The summed E-state index contributed by atoms with van der Waals surface area (Å²) in [5.41, 5.74) is 4.83. The predicted molar refractivity (Wildman–Crippen MR) is 252 cm³/mol. The van der Waals surface area contributed by atoms with E-state index in [1.54, 1.807) is 43.3 Å². The molecule has 0 saturated carbocycles. The second kappa shape index (κ2) is 25.4. The summed E-state index contributed by atoms with van der Waals surface area (Å²) in [4.78, 5) is 90.1. The normalized spacial score (nSPS) is 11.6. The van der Waals surface area contributed by atoms with E-state index >= 15 is 0 Å². The van der Waals surface area contributed by atoms with Gasteiger partial charge in [-0.1, -0.05) is 71.9 Å². The van der Waals surface area contributed by atoms with Crippen molar-refractivity contribution in [2.24, 2.45) is 0 Å². The molecule has 3 aromatic carbocycles. The van der Waals surface area contributed by atoms with Gasteiger partial charge >= 0.3 is 11.9 Å². The van der Waals surface area contributed by atoms with Gasteiger partial charge in [-0.2, -0.15) is 0 Å². The maximum atomic E-state index is 13.2. The minimum atomic E-state index is -0.863. The quantitative estimate of drug-likeness (QED) is 0.0615. The number of hydrogen-bond acceptors (Lipinski definition) is 12. The van der Waals surface area contributed by atoms with Crippen LogP contribution in [0.2, 0.25) is 0 Å². The van der Waals surface area contributed by atoms with Crippen molar-refractivity contribution in [2.45, 2.75) is 105 Å². The fraction of sp³-hybridized carbons (Fsp3) is 0.400. The number of carbonyl (C=O) groups is 4. The van der Waals surface area contributed by atoms with Gasteiger partial charge in [-0.25, -0.2) is 19.6 Å². The molecule has 4 N–H and O–H groups in total. The highest BCUT2D eigenvalue weighted by atomic mass is 16.5. The van der Waals surface area contributed by atoms with E-state index < -0.39 is 35.8 Å². The molecule has 0 bridgehead atoms. The number of aromatic nitrogens is 4. The Kier molecular flexibility index (Phi) is 19.8. The molecule has 2 aromatic heterocycles. The SMILES string of the molecule is CCCOc1ccc(C(=O)NC(C)C(=O)OC)cc1-c1nc(CC)c(CC)c(=O)[nH]1.CCCOc1ccc(C(=O)NC(Cc2ccccc2)C(=O)OC)cc1-c1nc(CC)c(CC)c(=O)[nH]1. The van der Waals surface area contributed by atoms with Crippen molar-refractivity contribution in [1.82, 2.24) is 30.6 Å². The van der Waals surface area contributed by atoms with Crippen LogP contribution in [-0.4, -0.2) is 83.2 Å². The Morgan fingerprint density at radius 2 is 1.06 bits per heavy atom. The average Bonchev–Trinajstić information content (AvgIpc) is 3.33. The summed E-state index contributed by atoms with van der Waals surface area (Å²) in [6, 6.07) is 17.5. The number of H-pyrrole nitrogens is 2. The van der Waals surface area contributed by atoms with E-state index in [9.17, 15) is 28.8 Å². The Bertz CT molecular complexity index is 2570. The van der Waals surface area contributed by atoms with Crippen molar-refractivity contribution < 1.29 is 38.1 Å². The number of amides is 2. The molecule has 2 atom stereocenters. The van der Waals surface area contributed by atoms with Crippen LogP contribution in [-0.2, 0) is 51.2 Å². The summed E-state index contributed by atoms with van der Waals surface area (Å²) in [7, 11) is 2.55. The Hall–Kier alpha value is -7.10. The van der Waals surface area contributed by atoms with Gasteiger partial charge in [-0.15, -0.1) is 0 Å². The van der Waals surface area contributed by atoms with Crippen molar-refractivity contribution in [1.29, 1.82) is 0 Å². The van der Waals surface area contributed by atoms with Gasteiger partial charge in [0.15, 0.2) is 0 Å². The van der Waals surface area contributed by atoms with Gasteiger partial charge in [0.05, 0.1) is 49.9 Å². The molecule has 0 fully saturated rings. The molecule has 2 unspecified atom stereocenters. The average molecular weight is 907 g/mol. The van der Waals surface area contributed by atoms with Gasteiger partial charge in [0, 0.05) is 28.7 Å². The topological polar surface area (TPSA) is 221 Å². The zero-order valence-electron chi connectivity index (χ0n) is 39.3. The molecule has 0 aliphatic carbocycles. The number of esters is 2. The van der Waals surface area contributed by atoms with Crippen LogP contribution in [0.15, 0.2) is 76.3 Å². The van der Waals surface area contributed by atoms with E-state index in [0.717, 1.165) is 18.4 Å². The molecule has 5 rings (SSSR count). The minimum absolute atomic E-state index is 0.199. The number of benzene rings is 3. The van der Waals surface area contributed by atoms with Gasteiger partial charge in [-0.3, -0.25) is 19.2 Å². The third kappa shape index (κ3) is 13.5. The lowest BCUT2D eigenvalue weighted by atomic mass is 10.0. The third-order valence-electron chi connectivity index (χ3n) is 10.5. The van der Waals surface area contributed by atoms with Crippen LogP contribution in [0.25, 0.3) is 22.8 Å². The monoisotopic (exact) mass is 906 g/mol.